The van der Waals surface area contributed by atoms with Gasteiger partial charge in [-0.15, -0.1) is 22.7 Å². The highest BCUT2D eigenvalue weighted by atomic mass is 32.1. The van der Waals surface area contributed by atoms with E-state index in [1.54, 1.807) is 11.3 Å². The zero-order valence-corrected chi connectivity index (χ0v) is 12.5. The van der Waals surface area contributed by atoms with Gasteiger partial charge in [-0.2, -0.15) is 13.2 Å². The van der Waals surface area contributed by atoms with Gasteiger partial charge in [0.25, 0.3) is 0 Å². The van der Waals surface area contributed by atoms with Gasteiger partial charge in [0.15, 0.2) is 11.2 Å². The van der Waals surface area contributed by atoms with Crippen LogP contribution in [0.2, 0.25) is 0 Å². The molecule has 2 nitrogen and oxygen atoms in total. The molecule has 0 N–H and O–H groups in total. The normalized spacial score (nSPS) is 12.2. The Morgan fingerprint density at radius 3 is 2.75 bits per heavy atom. The van der Waals surface area contributed by atoms with Gasteiger partial charge in [0.2, 0.25) is 0 Å². The van der Waals surface area contributed by atoms with Gasteiger partial charge in [-0.3, -0.25) is 4.90 Å². The molecule has 0 atom stereocenters. The average molecular weight is 319 g/mol. The fourth-order valence-corrected chi connectivity index (χ4v) is 3.42. The van der Waals surface area contributed by atoms with Gasteiger partial charge in [0.05, 0.1) is 4.88 Å². The third-order valence-electron chi connectivity index (χ3n) is 2.73. The summed E-state index contributed by atoms with van der Waals surface area (Å²) in [5, 5.41) is 1.97. The minimum Gasteiger partial charge on any atom is -0.293 e. The summed E-state index contributed by atoms with van der Waals surface area (Å²) in [5.74, 6) is 0. The van der Waals surface area contributed by atoms with Crippen LogP contribution in [0.25, 0.3) is 0 Å². The highest BCUT2D eigenvalue weighted by molar-refractivity contribution is 7.10. The van der Waals surface area contributed by atoms with Crippen LogP contribution in [-0.4, -0.2) is 16.4 Å². The largest absolute Gasteiger partial charge is 0.434 e. The van der Waals surface area contributed by atoms with E-state index in [4.69, 9.17) is 0 Å². The highest BCUT2D eigenvalue weighted by Crippen LogP contribution is 2.33. The average Bonchev–Trinajstić information content (AvgIpc) is 2.99. The van der Waals surface area contributed by atoms with Crippen LogP contribution >= 0.6 is 22.7 Å². The first-order valence-corrected chi connectivity index (χ1v) is 7.88. The Morgan fingerprint density at radius 1 is 1.35 bits per heavy atom. The van der Waals surface area contributed by atoms with Gasteiger partial charge in [0, 0.05) is 18.0 Å². The van der Waals surface area contributed by atoms with Crippen molar-refractivity contribution in [1.29, 1.82) is 0 Å². The van der Waals surface area contributed by atoms with Crippen molar-refractivity contribution in [1.82, 2.24) is 9.88 Å². The monoisotopic (exact) mass is 319 g/mol. The Labute approximate surface area is 123 Å². The molecule has 2 aromatic heterocycles. The van der Waals surface area contributed by atoms with Crippen molar-refractivity contribution < 1.29 is 13.2 Å². The van der Waals surface area contributed by atoms with E-state index in [2.05, 4.69) is 10.5 Å². The maximum Gasteiger partial charge on any atom is 0.434 e. The molecule has 1 radical (unpaired) electrons. The van der Waals surface area contributed by atoms with E-state index in [9.17, 15) is 13.2 Å². The number of hydrogen-bond donors (Lipinski definition) is 0. The Hall–Kier alpha value is -0.920. The zero-order chi connectivity index (χ0) is 14.6. The summed E-state index contributed by atoms with van der Waals surface area (Å²) in [6.45, 7) is 3.71. The topological polar surface area (TPSA) is 16.1 Å². The van der Waals surface area contributed by atoms with Crippen LogP contribution in [0.3, 0.4) is 0 Å². The van der Waals surface area contributed by atoms with Crippen molar-refractivity contribution in [3.63, 3.8) is 0 Å². The molecular weight excluding hydrogens is 305 g/mol. The van der Waals surface area contributed by atoms with E-state index in [0.29, 0.717) is 6.54 Å². The van der Waals surface area contributed by atoms with Crippen molar-refractivity contribution in [2.24, 2.45) is 0 Å². The maximum absolute atomic E-state index is 12.8. The first-order chi connectivity index (χ1) is 9.50. The van der Waals surface area contributed by atoms with Crippen LogP contribution in [0.4, 0.5) is 13.2 Å². The molecule has 0 aliphatic carbocycles. The van der Waals surface area contributed by atoms with Crippen LogP contribution < -0.4 is 0 Å². The van der Waals surface area contributed by atoms with E-state index in [0.717, 1.165) is 29.2 Å². The molecule has 7 heteroatoms. The molecule has 0 bridgehead atoms. The lowest BCUT2D eigenvalue weighted by Gasteiger charge is -2.21. The van der Waals surface area contributed by atoms with Gasteiger partial charge in [-0.25, -0.2) is 4.98 Å². The predicted octanol–water partition coefficient (Wildman–Crippen LogP) is 4.44. The van der Waals surface area contributed by atoms with Crippen LogP contribution in [0.5, 0.6) is 0 Å². The fourth-order valence-electron chi connectivity index (χ4n) is 1.92. The van der Waals surface area contributed by atoms with Gasteiger partial charge in [-0.1, -0.05) is 13.0 Å². The van der Waals surface area contributed by atoms with E-state index in [1.807, 2.05) is 29.3 Å². The first kappa shape index (κ1) is 15.5. The van der Waals surface area contributed by atoms with Gasteiger partial charge in [0.1, 0.15) is 0 Å². The summed E-state index contributed by atoms with van der Waals surface area (Å²) in [5.41, 5.74) is 1.56. The van der Waals surface area contributed by atoms with Crippen LogP contribution in [0, 0.1) is 5.51 Å². The molecule has 2 aromatic rings. The summed E-state index contributed by atoms with van der Waals surface area (Å²) in [6.07, 6.45) is -3.50. The number of nitrogens with zero attached hydrogens (tertiary/aromatic N) is 2. The Balaban J connectivity index is 2.10. The second-order valence-corrected chi connectivity index (χ2v) is 6.28. The van der Waals surface area contributed by atoms with Crippen molar-refractivity contribution in [2.45, 2.75) is 32.6 Å². The minimum atomic E-state index is -4.40. The lowest BCUT2D eigenvalue weighted by atomic mass is 10.3. The molecule has 0 unspecified atom stereocenters. The predicted molar refractivity (Wildman–Crippen MR) is 74.7 cm³/mol. The number of thiazole rings is 1. The Kier molecular flexibility index (Phi) is 5.17. The van der Waals surface area contributed by atoms with Crippen molar-refractivity contribution in [3.8, 4) is 0 Å². The van der Waals surface area contributed by atoms with Crippen LogP contribution in [-0.2, 0) is 19.3 Å². The van der Waals surface area contributed by atoms with E-state index in [-0.39, 0.29) is 11.4 Å². The SMILES string of the molecule is CCCN(Cc1cccs1)Cc1s[c]nc1C(F)(F)F. The number of alkyl halides is 3. The smallest absolute Gasteiger partial charge is 0.293 e. The number of aromatic nitrogens is 1. The fraction of sp³-hybridized carbons (Fsp3) is 0.462. The molecular formula is C13H14F3N2S2. The standard InChI is InChI=1S/C13H14F3N2S2/c1-2-5-18(7-10-4-3-6-19-10)8-11-12(13(14,15)16)17-9-20-11/h3-4,6H,2,5,7-8H2,1H3. The van der Waals surface area contributed by atoms with Gasteiger partial charge >= 0.3 is 6.18 Å². The number of hydrogen-bond acceptors (Lipinski definition) is 4. The summed E-state index contributed by atoms with van der Waals surface area (Å²) in [7, 11) is 0. The van der Waals surface area contributed by atoms with E-state index < -0.39 is 11.9 Å². The molecule has 0 saturated heterocycles. The summed E-state index contributed by atoms with van der Waals surface area (Å²) >= 11 is 2.56. The number of halogens is 3. The Morgan fingerprint density at radius 2 is 2.15 bits per heavy atom. The first-order valence-electron chi connectivity index (χ1n) is 6.18. The number of thiophene rings is 1. The lowest BCUT2D eigenvalue weighted by Crippen LogP contribution is -2.24. The second-order valence-electron chi connectivity index (χ2n) is 4.36. The van der Waals surface area contributed by atoms with Crippen molar-refractivity contribution in [3.05, 3.63) is 38.5 Å². The molecule has 20 heavy (non-hydrogen) atoms. The van der Waals surface area contributed by atoms with E-state index in [1.165, 1.54) is 0 Å². The molecule has 0 aliphatic rings. The molecule has 0 aliphatic heterocycles. The molecule has 0 aromatic carbocycles. The van der Waals surface area contributed by atoms with Crippen LogP contribution in [0.1, 0.15) is 28.8 Å². The molecule has 0 fully saturated rings. The second kappa shape index (κ2) is 6.69. The molecule has 2 heterocycles. The third kappa shape index (κ3) is 4.04. The van der Waals surface area contributed by atoms with Crippen molar-refractivity contribution >= 4 is 22.7 Å². The molecule has 109 valence electrons. The van der Waals surface area contributed by atoms with Gasteiger partial charge in [-0.05, 0) is 24.4 Å². The molecule has 0 saturated carbocycles. The molecule has 2 rings (SSSR count). The lowest BCUT2D eigenvalue weighted by molar-refractivity contribution is -0.141. The number of rotatable bonds is 6. The van der Waals surface area contributed by atoms with Crippen molar-refractivity contribution in [2.75, 3.05) is 6.54 Å². The zero-order valence-electron chi connectivity index (χ0n) is 10.9. The summed E-state index contributed by atoms with van der Waals surface area (Å²) < 4.78 is 38.4. The molecule has 0 spiro atoms. The third-order valence-corrected chi connectivity index (χ3v) is 4.34. The van der Waals surface area contributed by atoms with E-state index >= 15 is 0 Å². The maximum atomic E-state index is 12.8. The summed E-state index contributed by atoms with van der Waals surface area (Å²) in [4.78, 5) is 6.75. The quantitative estimate of drug-likeness (QED) is 0.783. The Bertz CT molecular complexity index is 520. The summed E-state index contributed by atoms with van der Waals surface area (Å²) in [6, 6.07) is 3.95. The highest BCUT2D eigenvalue weighted by Gasteiger charge is 2.36. The minimum absolute atomic E-state index is 0.238. The molecule has 0 amide bonds. The van der Waals surface area contributed by atoms with Crippen LogP contribution in [0.15, 0.2) is 17.5 Å². The van der Waals surface area contributed by atoms with Gasteiger partial charge < -0.3 is 0 Å².